The molecule has 1 amide bonds. The van der Waals surface area contributed by atoms with Crippen molar-refractivity contribution in [2.24, 2.45) is 0 Å². The molecule has 1 rings (SSSR count). The Labute approximate surface area is 126 Å². The van der Waals surface area contributed by atoms with Gasteiger partial charge in [-0.05, 0) is 32.9 Å². The maximum Gasteiger partial charge on any atom is 0.412 e. The van der Waals surface area contributed by atoms with Gasteiger partial charge in [-0.25, -0.2) is 18.4 Å². The lowest BCUT2D eigenvalue weighted by Crippen LogP contribution is -2.27. The van der Waals surface area contributed by atoms with Crippen molar-refractivity contribution in [3.05, 3.63) is 29.3 Å². The highest BCUT2D eigenvalue weighted by atomic mass is 19.1. The first-order valence-electron chi connectivity index (χ1n) is 6.36. The lowest BCUT2D eigenvalue weighted by molar-refractivity contribution is -0.142. The van der Waals surface area contributed by atoms with Gasteiger partial charge in [0, 0.05) is 0 Å². The first-order valence-corrected chi connectivity index (χ1v) is 6.36. The second-order valence-electron chi connectivity index (χ2n) is 5.40. The minimum absolute atomic E-state index is 0.287. The summed E-state index contributed by atoms with van der Waals surface area (Å²) in [6.07, 6.45) is -0.893. The van der Waals surface area contributed by atoms with Gasteiger partial charge in [0.05, 0.1) is 17.9 Å². The number of ether oxygens (including phenoxy) is 2. The molecule has 0 saturated carbocycles. The molecule has 6 nitrogen and oxygen atoms in total. The van der Waals surface area contributed by atoms with Crippen LogP contribution in [0.5, 0.6) is 0 Å². The fourth-order valence-electron chi connectivity index (χ4n) is 1.48. The fourth-order valence-corrected chi connectivity index (χ4v) is 1.48. The van der Waals surface area contributed by atoms with Crippen LogP contribution in [0, 0.1) is 11.6 Å². The molecule has 0 aliphatic heterocycles. The van der Waals surface area contributed by atoms with Crippen LogP contribution in [0.2, 0.25) is 0 Å². The molecule has 22 heavy (non-hydrogen) atoms. The molecule has 0 aliphatic rings. The van der Waals surface area contributed by atoms with Crippen LogP contribution in [-0.2, 0) is 20.9 Å². The smallest absolute Gasteiger partial charge is 0.412 e. The summed E-state index contributed by atoms with van der Waals surface area (Å²) in [5.74, 6) is -3.21. The predicted octanol–water partition coefficient (Wildman–Crippen LogP) is 2.91. The zero-order chi connectivity index (χ0) is 16.9. The molecular weight excluding hydrogens is 300 g/mol. The van der Waals surface area contributed by atoms with E-state index in [0.717, 1.165) is 12.1 Å². The summed E-state index contributed by atoms with van der Waals surface area (Å²) in [7, 11) is 0. The Kier molecular flexibility index (Phi) is 5.81. The average molecular weight is 317 g/mol. The van der Waals surface area contributed by atoms with Gasteiger partial charge in [0.15, 0.2) is 5.82 Å². The highest BCUT2D eigenvalue weighted by Crippen LogP contribution is 2.22. The molecule has 0 heterocycles. The van der Waals surface area contributed by atoms with Gasteiger partial charge < -0.3 is 14.6 Å². The summed E-state index contributed by atoms with van der Waals surface area (Å²) in [4.78, 5) is 21.9. The van der Waals surface area contributed by atoms with Crippen molar-refractivity contribution in [1.82, 2.24) is 0 Å². The number of benzene rings is 1. The number of carboxylic acid groups (broad SMARTS) is 1. The normalized spacial score (nSPS) is 11.1. The largest absolute Gasteiger partial charge is 0.480 e. The predicted molar refractivity (Wildman–Crippen MR) is 73.5 cm³/mol. The number of carbonyl (C=O) groups excluding carboxylic acids is 1. The Balaban J connectivity index is 2.85. The van der Waals surface area contributed by atoms with E-state index in [4.69, 9.17) is 9.84 Å². The van der Waals surface area contributed by atoms with Crippen LogP contribution in [0.15, 0.2) is 12.1 Å². The molecule has 0 aliphatic carbocycles. The van der Waals surface area contributed by atoms with Crippen molar-refractivity contribution in [2.45, 2.75) is 33.0 Å². The molecule has 0 aromatic heterocycles. The Bertz CT molecular complexity index is 569. The lowest BCUT2D eigenvalue weighted by Gasteiger charge is -2.20. The molecule has 8 heteroatoms. The minimum Gasteiger partial charge on any atom is -0.480 e. The second kappa shape index (κ2) is 7.17. The van der Waals surface area contributed by atoms with Crippen LogP contribution in [0.1, 0.15) is 26.3 Å². The molecule has 2 N–H and O–H groups in total. The van der Waals surface area contributed by atoms with Gasteiger partial charge in [0.2, 0.25) is 0 Å². The number of nitrogens with one attached hydrogen (secondary N) is 1. The summed E-state index contributed by atoms with van der Waals surface area (Å²) < 4.78 is 37.3. The van der Waals surface area contributed by atoms with Crippen molar-refractivity contribution in [3.8, 4) is 0 Å². The molecule has 0 unspecified atom stereocenters. The number of hydrogen-bond donors (Lipinski definition) is 2. The SMILES string of the molecule is CC(C)(C)OC(=O)Nc1ccc(F)c(COCC(=O)O)c1F. The zero-order valence-electron chi connectivity index (χ0n) is 12.4. The van der Waals surface area contributed by atoms with Gasteiger partial charge in [-0.2, -0.15) is 0 Å². The van der Waals surface area contributed by atoms with Gasteiger partial charge >= 0.3 is 12.1 Å². The highest BCUT2D eigenvalue weighted by molar-refractivity contribution is 5.85. The average Bonchev–Trinajstić information content (AvgIpc) is 2.34. The number of aliphatic carboxylic acids is 1. The second-order valence-corrected chi connectivity index (χ2v) is 5.40. The summed E-state index contributed by atoms with van der Waals surface area (Å²) >= 11 is 0. The van der Waals surface area contributed by atoms with Crippen LogP contribution in [0.4, 0.5) is 19.3 Å². The number of carbonyl (C=O) groups is 2. The van der Waals surface area contributed by atoms with Gasteiger partial charge in [-0.15, -0.1) is 0 Å². The molecule has 122 valence electrons. The van der Waals surface area contributed by atoms with Gasteiger partial charge in [0.25, 0.3) is 0 Å². The number of hydrogen-bond acceptors (Lipinski definition) is 4. The molecule has 0 spiro atoms. The van der Waals surface area contributed by atoms with Crippen LogP contribution in [0.3, 0.4) is 0 Å². The lowest BCUT2D eigenvalue weighted by atomic mass is 10.1. The Hall–Kier alpha value is -2.22. The van der Waals surface area contributed by atoms with Crippen molar-refractivity contribution < 1.29 is 33.0 Å². The third-order valence-corrected chi connectivity index (χ3v) is 2.29. The van der Waals surface area contributed by atoms with Gasteiger partial charge in [0.1, 0.15) is 18.0 Å². The standard InChI is InChI=1S/C14H17F2NO5/c1-14(2,3)22-13(20)17-10-5-4-9(15)8(12(10)16)6-21-7-11(18)19/h4-5H,6-7H2,1-3H3,(H,17,20)(H,18,19). The third kappa shape index (κ3) is 5.65. The van der Waals surface area contributed by atoms with E-state index in [-0.39, 0.29) is 5.69 Å². The number of halogens is 2. The maximum absolute atomic E-state index is 14.1. The summed E-state index contributed by atoms with van der Waals surface area (Å²) in [6, 6.07) is 1.98. The zero-order valence-corrected chi connectivity index (χ0v) is 12.4. The van der Waals surface area contributed by atoms with Crippen molar-refractivity contribution in [3.63, 3.8) is 0 Å². The first-order chi connectivity index (χ1) is 10.1. The van der Waals surface area contributed by atoms with Crippen molar-refractivity contribution in [1.29, 1.82) is 0 Å². The molecule has 1 aromatic rings. The maximum atomic E-state index is 14.1. The van der Waals surface area contributed by atoms with Gasteiger partial charge in [-0.3, -0.25) is 5.32 Å². The van der Waals surface area contributed by atoms with Gasteiger partial charge in [-0.1, -0.05) is 0 Å². The van der Waals surface area contributed by atoms with E-state index in [0.29, 0.717) is 0 Å². The summed E-state index contributed by atoms with van der Waals surface area (Å²) in [6.45, 7) is 3.65. The molecular formula is C14H17F2NO5. The Morgan fingerprint density at radius 2 is 1.91 bits per heavy atom. The third-order valence-electron chi connectivity index (χ3n) is 2.29. The monoisotopic (exact) mass is 317 g/mol. The topological polar surface area (TPSA) is 84.9 Å². The Morgan fingerprint density at radius 1 is 1.27 bits per heavy atom. The molecule has 0 saturated heterocycles. The molecule has 0 fully saturated rings. The number of anilines is 1. The van der Waals surface area contributed by atoms with E-state index in [1.807, 2.05) is 0 Å². The molecule has 1 aromatic carbocycles. The molecule has 0 bridgehead atoms. The number of carboxylic acids is 1. The number of rotatable bonds is 5. The van der Waals surface area contributed by atoms with E-state index in [1.165, 1.54) is 0 Å². The van der Waals surface area contributed by atoms with E-state index >= 15 is 0 Å². The van der Waals surface area contributed by atoms with Crippen molar-refractivity contribution >= 4 is 17.7 Å². The van der Waals surface area contributed by atoms with E-state index in [2.05, 4.69) is 10.1 Å². The fraction of sp³-hybridized carbons (Fsp3) is 0.429. The van der Waals surface area contributed by atoms with E-state index < -0.39 is 48.1 Å². The van der Waals surface area contributed by atoms with Crippen LogP contribution >= 0.6 is 0 Å². The number of amides is 1. The highest BCUT2D eigenvalue weighted by Gasteiger charge is 2.20. The van der Waals surface area contributed by atoms with E-state index in [9.17, 15) is 18.4 Å². The Morgan fingerprint density at radius 3 is 2.45 bits per heavy atom. The van der Waals surface area contributed by atoms with Crippen molar-refractivity contribution in [2.75, 3.05) is 11.9 Å². The molecule has 0 radical (unpaired) electrons. The molecule has 0 atom stereocenters. The first kappa shape index (κ1) is 17.8. The van der Waals surface area contributed by atoms with Crippen LogP contribution < -0.4 is 5.32 Å². The van der Waals surface area contributed by atoms with Crippen LogP contribution in [-0.4, -0.2) is 29.4 Å². The summed E-state index contributed by atoms with van der Waals surface area (Å²) in [5, 5.41) is 10.6. The quantitative estimate of drug-likeness (QED) is 0.872. The minimum atomic E-state index is -1.26. The summed E-state index contributed by atoms with van der Waals surface area (Å²) in [5.41, 5.74) is -1.53. The van der Waals surface area contributed by atoms with E-state index in [1.54, 1.807) is 20.8 Å². The van der Waals surface area contributed by atoms with Crippen LogP contribution in [0.25, 0.3) is 0 Å².